The minimum atomic E-state index is -3.10. The van der Waals surface area contributed by atoms with E-state index in [-0.39, 0.29) is 0 Å². The number of nitrogens with one attached hydrogen (secondary N) is 1. The fraction of sp³-hybridized carbons (Fsp3) is 0.600. The van der Waals surface area contributed by atoms with Crippen LogP contribution >= 0.6 is 11.3 Å². The highest BCUT2D eigenvalue weighted by Gasteiger charge is 2.26. The summed E-state index contributed by atoms with van der Waals surface area (Å²) in [5.74, 6) is 1.16. The van der Waals surface area contributed by atoms with Gasteiger partial charge >= 0.3 is 0 Å². The zero-order valence-corrected chi connectivity index (χ0v) is 15.3. The van der Waals surface area contributed by atoms with E-state index < -0.39 is 10.0 Å². The van der Waals surface area contributed by atoms with Gasteiger partial charge in [-0.1, -0.05) is 0 Å². The van der Waals surface area contributed by atoms with E-state index in [2.05, 4.69) is 29.1 Å². The standard InChI is InChI=1S/C15H22N4O2S2/c1-10-11(2)22-15-13(10)14(17-9-18-15)16-7-12-5-4-6-19(8-12)23(3,20)21/h9,12H,4-8H2,1-3H3,(H,16,17,18)/t12-/m1/s1. The van der Waals surface area contributed by atoms with Crippen LogP contribution in [0.15, 0.2) is 6.33 Å². The largest absolute Gasteiger partial charge is 0.369 e. The van der Waals surface area contributed by atoms with Gasteiger partial charge in [0.05, 0.1) is 11.6 Å². The quantitative estimate of drug-likeness (QED) is 0.912. The molecule has 6 nitrogen and oxygen atoms in total. The first-order chi connectivity index (χ1) is 10.9. The van der Waals surface area contributed by atoms with Gasteiger partial charge in [0.25, 0.3) is 0 Å². The number of thiophene rings is 1. The second-order valence-electron chi connectivity index (χ2n) is 6.20. The van der Waals surface area contributed by atoms with Crippen molar-refractivity contribution in [2.45, 2.75) is 26.7 Å². The lowest BCUT2D eigenvalue weighted by atomic mass is 10.00. The summed E-state index contributed by atoms with van der Waals surface area (Å²) in [5, 5.41) is 4.51. The Morgan fingerprint density at radius 2 is 2.17 bits per heavy atom. The Balaban J connectivity index is 1.74. The smallest absolute Gasteiger partial charge is 0.211 e. The van der Waals surface area contributed by atoms with E-state index in [0.717, 1.165) is 35.4 Å². The number of anilines is 1. The van der Waals surface area contributed by atoms with Crippen LogP contribution in [-0.4, -0.2) is 48.6 Å². The Morgan fingerprint density at radius 3 is 2.91 bits per heavy atom. The summed E-state index contributed by atoms with van der Waals surface area (Å²) in [6.45, 7) is 6.13. The van der Waals surface area contributed by atoms with Gasteiger partial charge in [0, 0.05) is 24.5 Å². The van der Waals surface area contributed by atoms with E-state index in [1.807, 2.05) is 0 Å². The highest BCUT2D eigenvalue weighted by Crippen LogP contribution is 2.32. The number of aromatic nitrogens is 2. The summed E-state index contributed by atoms with van der Waals surface area (Å²) in [6.07, 6.45) is 4.82. The first kappa shape index (κ1) is 16.6. The molecular formula is C15H22N4O2S2. The third kappa shape index (κ3) is 3.49. The van der Waals surface area contributed by atoms with Crippen LogP contribution in [0, 0.1) is 19.8 Å². The van der Waals surface area contributed by atoms with Crippen molar-refractivity contribution in [3.05, 3.63) is 16.8 Å². The summed E-state index contributed by atoms with van der Waals surface area (Å²) in [6, 6.07) is 0. The zero-order chi connectivity index (χ0) is 16.6. The van der Waals surface area contributed by atoms with Gasteiger partial charge in [0.1, 0.15) is 17.0 Å². The molecular weight excluding hydrogens is 332 g/mol. The predicted molar refractivity (Wildman–Crippen MR) is 94.5 cm³/mol. The van der Waals surface area contributed by atoms with Crippen molar-refractivity contribution < 1.29 is 8.42 Å². The van der Waals surface area contributed by atoms with Crippen LogP contribution in [0.5, 0.6) is 0 Å². The molecule has 23 heavy (non-hydrogen) atoms. The number of sulfonamides is 1. The molecule has 0 aliphatic carbocycles. The van der Waals surface area contributed by atoms with Crippen molar-refractivity contribution in [3.63, 3.8) is 0 Å². The molecule has 0 saturated carbocycles. The maximum absolute atomic E-state index is 11.7. The summed E-state index contributed by atoms with van der Waals surface area (Å²) < 4.78 is 25.0. The summed E-state index contributed by atoms with van der Waals surface area (Å²) in [7, 11) is -3.10. The fourth-order valence-corrected chi connectivity index (χ4v) is 4.99. The van der Waals surface area contributed by atoms with Crippen molar-refractivity contribution in [1.29, 1.82) is 0 Å². The third-order valence-electron chi connectivity index (χ3n) is 4.47. The number of rotatable bonds is 4. The first-order valence-electron chi connectivity index (χ1n) is 7.76. The monoisotopic (exact) mass is 354 g/mol. The molecule has 1 saturated heterocycles. The van der Waals surface area contributed by atoms with Crippen LogP contribution in [-0.2, 0) is 10.0 Å². The highest BCUT2D eigenvalue weighted by molar-refractivity contribution is 7.88. The summed E-state index contributed by atoms with van der Waals surface area (Å²) in [5.41, 5.74) is 1.22. The van der Waals surface area contributed by atoms with Crippen LogP contribution in [0.1, 0.15) is 23.3 Å². The van der Waals surface area contributed by atoms with Crippen molar-refractivity contribution in [1.82, 2.24) is 14.3 Å². The zero-order valence-electron chi connectivity index (χ0n) is 13.7. The lowest BCUT2D eigenvalue weighted by molar-refractivity contribution is 0.276. The van der Waals surface area contributed by atoms with Crippen molar-refractivity contribution >= 4 is 37.4 Å². The van der Waals surface area contributed by atoms with Gasteiger partial charge < -0.3 is 5.32 Å². The molecule has 8 heteroatoms. The molecule has 0 amide bonds. The molecule has 0 radical (unpaired) electrons. The summed E-state index contributed by atoms with van der Waals surface area (Å²) in [4.78, 5) is 11.0. The minimum Gasteiger partial charge on any atom is -0.369 e. The molecule has 3 heterocycles. The molecule has 3 rings (SSSR count). The lowest BCUT2D eigenvalue weighted by Gasteiger charge is -2.31. The highest BCUT2D eigenvalue weighted by atomic mass is 32.2. The predicted octanol–water partition coefficient (Wildman–Crippen LogP) is 2.39. The molecule has 0 aromatic carbocycles. The molecule has 0 spiro atoms. The van der Waals surface area contributed by atoms with E-state index in [0.29, 0.717) is 19.0 Å². The molecule has 126 valence electrons. The fourth-order valence-electron chi connectivity index (χ4n) is 3.05. The Hall–Kier alpha value is -1.25. The van der Waals surface area contributed by atoms with Gasteiger partial charge in [-0.3, -0.25) is 0 Å². The second kappa shape index (κ2) is 6.33. The van der Waals surface area contributed by atoms with Crippen molar-refractivity contribution in [2.75, 3.05) is 31.2 Å². The van der Waals surface area contributed by atoms with Crippen LogP contribution in [0.2, 0.25) is 0 Å². The van der Waals surface area contributed by atoms with Crippen LogP contribution in [0.3, 0.4) is 0 Å². The lowest BCUT2D eigenvalue weighted by Crippen LogP contribution is -2.41. The van der Waals surface area contributed by atoms with E-state index in [1.54, 1.807) is 22.0 Å². The van der Waals surface area contributed by atoms with Gasteiger partial charge in [-0.15, -0.1) is 11.3 Å². The number of hydrogen-bond acceptors (Lipinski definition) is 6. The second-order valence-corrected chi connectivity index (χ2v) is 9.38. The summed E-state index contributed by atoms with van der Waals surface area (Å²) >= 11 is 1.68. The van der Waals surface area contributed by atoms with Crippen molar-refractivity contribution in [3.8, 4) is 0 Å². The van der Waals surface area contributed by atoms with E-state index in [4.69, 9.17) is 0 Å². The molecule has 2 aromatic heterocycles. The van der Waals surface area contributed by atoms with E-state index in [9.17, 15) is 8.42 Å². The van der Waals surface area contributed by atoms with Crippen LogP contribution in [0.4, 0.5) is 5.82 Å². The van der Waals surface area contributed by atoms with Gasteiger partial charge in [-0.25, -0.2) is 22.7 Å². The van der Waals surface area contributed by atoms with E-state index in [1.165, 1.54) is 16.7 Å². The van der Waals surface area contributed by atoms with Gasteiger partial charge in [-0.2, -0.15) is 0 Å². The Labute approximate surface area is 141 Å². The number of piperidine rings is 1. The molecule has 1 atom stereocenters. The normalized spacial score (nSPS) is 20.0. The first-order valence-corrected chi connectivity index (χ1v) is 10.4. The van der Waals surface area contributed by atoms with Gasteiger partial charge in [0.15, 0.2) is 0 Å². The third-order valence-corrected chi connectivity index (χ3v) is 6.86. The average Bonchev–Trinajstić information content (AvgIpc) is 2.80. The molecule has 1 aliphatic rings. The minimum absolute atomic E-state index is 0.309. The van der Waals surface area contributed by atoms with Gasteiger partial charge in [0.2, 0.25) is 10.0 Å². The topological polar surface area (TPSA) is 75.2 Å². The Bertz CT molecular complexity index is 816. The van der Waals surface area contributed by atoms with Crippen molar-refractivity contribution in [2.24, 2.45) is 5.92 Å². The average molecular weight is 355 g/mol. The molecule has 0 unspecified atom stereocenters. The number of fused-ring (bicyclic) bond motifs is 1. The van der Waals surface area contributed by atoms with Crippen LogP contribution in [0.25, 0.3) is 10.2 Å². The molecule has 2 aromatic rings. The number of hydrogen-bond donors (Lipinski definition) is 1. The SMILES string of the molecule is Cc1sc2ncnc(NC[C@H]3CCCN(S(C)(=O)=O)C3)c2c1C. The Morgan fingerprint density at radius 1 is 1.39 bits per heavy atom. The Kier molecular flexibility index (Phi) is 4.57. The molecule has 1 aliphatic heterocycles. The molecule has 1 N–H and O–H groups in total. The maximum Gasteiger partial charge on any atom is 0.211 e. The van der Waals surface area contributed by atoms with Crippen LogP contribution < -0.4 is 5.32 Å². The van der Waals surface area contributed by atoms with Gasteiger partial charge in [-0.05, 0) is 38.2 Å². The molecule has 1 fully saturated rings. The maximum atomic E-state index is 11.7. The number of aryl methyl sites for hydroxylation is 2. The van der Waals surface area contributed by atoms with E-state index >= 15 is 0 Å². The number of nitrogens with zero attached hydrogens (tertiary/aromatic N) is 3. The molecule has 0 bridgehead atoms.